The van der Waals surface area contributed by atoms with Crippen LogP contribution < -0.4 is 0 Å². The molecule has 1 heterocycles. The highest BCUT2D eigenvalue weighted by molar-refractivity contribution is 7.99. The van der Waals surface area contributed by atoms with Crippen LogP contribution >= 0.6 is 24.4 Å². The van der Waals surface area contributed by atoms with Gasteiger partial charge in [0.2, 0.25) is 0 Å². The van der Waals surface area contributed by atoms with Crippen molar-refractivity contribution in [3.63, 3.8) is 0 Å². The van der Waals surface area contributed by atoms with Crippen molar-refractivity contribution in [2.45, 2.75) is 44.2 Å². The van der Waals surface area contributed by atoms with E-state index in [4.69, 9.17) is 0 Å². The highest BCUT2D eigenvalue weighted by atomic mass is 32.2. The van der Waals surface area contributed by atoms with Crippen molar-refractivity contribution in [2.75, 3.05) is 11.5 Å². The lowest BCUT2D eigenvalue weighted by Crippen LogP contribution is -2.28. The van der Waals surface area contributed by atoms with Crippen molar-refractivity contribution >= 4 is 35.4 Å². The zero-order valence-corrected chi connectivity index (χ0v) is 13.7. The predicted molar refractivity (Wildman–Crippen MR) is 90.9 cm³/mol. The second-order valence-corrected chi connectivity index (χ2v) is 7.35. The lowest BCUT2D eigenvalue weighted by atomic mass is 9.77. The van der Waals surface area contributed by atoms with Crippen LogP contribution in [0.1, 0.15) is 37.7 Å². The van der Waals surface area contributed by atoms with E-state index < -0.39 is 0 Å². The van der Waals surface area contributed by atoms with Crippen LogP contribution in [-0.4, -0.2) is 21.5 Å². The number of aromatic amines is 1. The van der Waals surface area contributed by atoms with Gasteiger partial charge in [0.15, 0.2) is 5.16 Å². The van der Waals surface area contributed by atoms with Crippen LogP contribution in [-0.2, 0) is 0 Å². The summed E-state index contributed by atoms with van der Waals surface area (Å²) in [5, 5.41) is 1.05. The number of fused-ring (bicyclic) bond motifs is 1. The minimum absolute atomic E-state index is 0.418. The van der Waals surface area contributed by atoms with Gasteiger partial charge in [0.25, 0.3) is 0 Å². The predicted octanol–water partition coefficient (Wildman–Crippen LogP) is 4.84. The van der Waals surface area contributed by atoms with Crippen LogP contribution in [0.5, 0.6) is 0 Å². The van der Waals surface area contributed by atoms with E-state index in [-0.39, 0.29) is 0 Å². The summed E-state index contributed by atoms with van der Waals surface area (Å²) in [5.74, 6) is 2.13. The Morgan fingerprint density at radius 3 is 2.85 bits per heavy atom. The lowest BCUT2D eigenvalue weighted by molar-refractivity contribution is 0.258. The highest BCUT2D eigenvalue weighted by Gasteiger charge is 2.31. The molecule has 4 heteroatoms. The average molecular weight is 306 g/mol. The number of benzene rings is 1. The van der Waals surface area contributed by atoms with E-state index in [2.05, 4.69) is 47.7 Å². The summed E-state index contributed by atoms with van der Waals surface area (Å²) in [4.78, 5) is 8.13. The minimum atomic E-state index is 0.418. The summed E-state index contributed by atoms with van der Waals surface area (Å²) in [6, 6.07) is 6.38. The number of aromatic nitrogens is 2. The molecule has 2 nitrogen and oxygen atoms in total. The molecule has 0 saturated heterocycles. The molecule has 108 valence electrons. The number of nitrogens with one attached hydrogen (secondary N) is 1. The maximum atomic E-state index is 4.69. The Balaban J connectivity index is 1.72. The van der Waals surface area contributed by atoms with Gasteiger partial charge >= 0.3 is 0 Å². The molecular weight excluding hydrogens is 284 g/mol. The summed E-state index contributed by atoms with van der Waals surface area (Å²) in [5.41, 5.74) is 3.91. The summed E-state index contributed by atoms with van der Waals surface area (Å²) in [7, 11) is 0. The molecule has 1 aliphatic carbocycles. The molecule has 1 aromatic carbocycles. The van der Waals surface area contributed by atoms with Crippen molar-refractivity contribution in [3.8, 4) is 0 Å². The van der Waals surface area contributed by atoms with Gasteiger partial charge in [0.05, 0.1) is 11.0 Å². The van der Waals surface area contributed by atoms with Gasteiger partial charge in [-0.2, -0.15) is 12.6 Å². The first-order valence-electron chi connectivity index (χ1n) is 7.41. The third kappa shape index (κ3) is 3.01. The fourth-order valence-electron chi connectivity index (χ4n) is 3.04. The molecule has 0 bridgehead atoms. The summed E-state index contributed by atoms with van der Waals surface area (Å²) < 4.78 is 0. The Labute approximate surface area is 130 Å². The number of H-pyrrole nitrogens is 1. The molecule has 3 rings (SSSR count). The molecule has 1 saturated carbocycles. The fraction of sp³-hybridized carbons (Fsp3) is 0.562. The lowest BCUT2D eigenvalue weighted by Gasteiger charge is -2.35. The van der Waals surface area contributed by atoms with Crippen LogP contribution in [0.4, 0.5) is 0 Å². The first kappa shape index (κ1) is 14.3. The number of nitrogens with zero attached hydrogens (tertiary/aromatic N) is 1. The number of thiol groups is 1. The van der Waals surface area contributed by atoms with E-state index in [0.717, 1.165) is 27.7 Å². The first-order valence-corrected chi connectivity index (χ1v) is 9.03. The molecule has 1 fully saturated rings. The van der Waals surface area contributed by atoms with Gasteiger partial charge in [-0.25, -0.2) is 4.98 Å². The molecule has 2 aromatic rings. The molecule has 1 aromatic heterocycles. The van der Waals surface area contributed by atoms with Gasteiger partial charge in [0.1, 0.15) is 0 Å². The van der Waals surface area contributed by atoms with Crippen molar-refractivity contribution in [1.82, 2.24) is 9.97 Å². The fourth-order valence-corrected chi connectivity index (χ4v) is 4.80. The van der Waals surface area contributed by atoms with Crippen LogP contribution in [0.2, 0.25) is 0 Å². The molecule has 0 amide bonds. The zero-order chi connectivity index (χ0) is 14.0. The van der Waals surface area contributed by atoms with Gasteiger partial charge in [-0.15, -0.1) is 0 Å². The maximum Gasteiger partial charge on any atom is 0.166 e. The van der Waals surface area contributed by atoms with E-state index in [9.17, 15) is 0 Å². The second-order valence-electron chi connectivity index (χ2n) is 6.07. The number of hydrogen-bond donors (Lipinski definition) is 2. The largest absolute Gasteiger partial charge is 0.333 e. The molecule has 0 unspecified atom stereocenters. The van der Waals surface area contributed by atoms with E-state index in [0.29, 0.717) is 5.41 Å². The molecule has 0 aliphatic heterocycles. The normalized spacial score (nSPS) is 18.5. The number of thioether (sulfide) groups is 1. The average Bonchev–Trinajstić information content (AvgIpc) is 2.88. The Hall–Kier alpha value is -0.610. The molecule has 20 heavy (non-hydrogen) atoms. The minimum Gasteiger partial charge on any atom is -0.333 e. The van der Waals surface area contributed by atoms with Crippen LogP contribution in [0.15, 0.2) is 23.4 Å². The van der Waals surface area contributed by atoms with Gasteiger partial charge in [0, 0.05) is 5.75 Å². The number of aryl methyl sites for hydroxylation is 1. The number of hydrogen-bond acceptors (Lipinski definition) is 3. The van der Waals surface area contributed by atoms with Crippen molar-refractivity contribution in [1.29, 1.82) is 0 Å². The molecule has 1 aliphatic rings. The highest BCUT2D eigenvalue weighted by Crippen LogP contribution is 2.41. The smallest absolute Gasteiger partial charge is 0.166 e. The van der Waals surface area contributed by atoms with Gasteiger partial charge in [-0.1, -0.05) is 37.1 Å². The Kier molecular flexibility index (Phi) is 4.32. The molecule has 1 N–H and O–H groups in total. The monoisotopic (exact) mass is 306 g/mol. The van der Waals surface area contributed by atoms with Crippen molar-refractivity contribution in [2.24, 2.45) is 5.41 Å². The van der Waals surface area contributed by atoms with Gasteiger partial charge < -0.3 is 4.98 Å². The van der Waals surface area contributed by atoms with E-state index in [1.165, 1.54) is 37.7 Å². The summed E-state index contributed by atoms with van der Waals surface area (Å²) >= 11 is 6.48. The topological polar surface area (TPSA) is 28.7 Å². The van der Waals surface area contributed by atoms with Gasteiger partial charge in [-0.3, -0.25) is 0 Å². The van der Waals surface area contributed by atoms with Crippen LogP contribution in [0.25, 0.3) is 11.0 Å². The standard InChI is InChI=1S/C16H22N2S2/c1-12-5-6-13-14(9-12)18-15(17-13)20-11-16(10-19)7-3-2-4-8-16/h5-6,9,19H,2-4,7-8,10-11H2,1H3,(H,17,18). The molecule has 0 radical (unpaired) electrons. The van der Waals surface area contributed by atoms with E-state index in [1.807, 2.05) is 11.8 Å². The summed E-state index contributed by atoms with van der Waals surface area (Å²) in [6.45, 7) is 2.12. The molecule has 0 spiro atoms. The van der Waals surface area contributed by atoms with E-state index >= 15 is 0 Å². The zero-order valence-electron chi connectivity index (χ0n) is 12.0. The van der Waals surface area contributed by atoms with Crippen LogP contribution in [0.3, 0.4) is 0 Å². The second kappa shape index (κ2) is 6.02. The Morgan fingerprint density at radius 2 is 2.10 bits per heavy atom. The molecular formula is C16H22N2S2. The first-order chi connectivity index (χ1) is 9.71. The SMILES string of the molecule is Cc1ccc2nc(SCC3(CS)CCCCC3)[nH]c2c1. The van der Waals surface area contributed by atoms with Gasteiger partial charge in [-0.05, 0) is 48.6 Å². The maximum absolute atomic E-state index is 4.69. The van der Waals surface area contributed by atoms with Crippen LogP contribution in [0, 0.1) is 12.3 Å². The summed E-state index contributed by atoms with van der Waals surface area (Å²) in [6.07, 6.45) is 6.76. The number of imidazole rings is 1. The molecule has 0 atom stereocenters. The van der Waals surface area contributed by atoms with E-state index in [1.54, 1.807) is 0 Å². The quantitative estimate of drug-likeness (QED) is 0.625. The Morgan fingerprint density at radius 1 is 1.30 bits per heavy atom. The third-order valence-corrected chi connectivity index (χ3v) is 6.27. The third-order valence-electron chi connectivity index (χ3n) is 4.38. The number of rotatable bonds is 4. The Bertz CT molecular complexity index is 585. The van der Waals surface area contributed by atoms with Crippen molar-refractivity contribution in [3.05, 3.63) is 23.8 Å². The van der Waals surface area contributed by atoms with Crippen molar-refractivity contribution < 1.29 is 0 Å².